The summed E-state index contributed by atoms with van der Waals surface area (Å²) in [4.78, 5) is 6.77. The average molecular weight is 253 g/mol. The van der Waals surface area contributed by atoms with Crippen LogP contribution >= 0.6 is 0 Å². The van der Waals surface area contributed by atoms with Crippen LogP contribution in [0.5, 0.6) is 0 Å². The smallest absolute Gasteiger partial charge is 0.191 e. The van der Waals surface area contributed by atoms with Crippen LogP contribution in [0.2, 0.25) is 0 Å². The highest BCUT2D eigenvalue weighted by Crippen LogP contribution is 2.15. The van der Waals surface area contributed by atoms with E-state index in [1.165, 1.54) is 44.9 Å². The van der Waals surface area contributed by atoms with E-state index in [-0.39, 0.29) is 0 Å². The lowest BCUT2D eigenvalue weighted by atomic mass is 10.1. The summed E-state index contributed by atoms with van der Waals surface area (Å²) in [5.41, 5.74) is 6.07. The average Bonchev–Trinajstić information content (AvgIpc) is 2.69. The molecule has 0 spiro atoms. The first-order valence-electron chi connectivity index (χ1n) is 7.53. The molecule has 2 aliphatic heterocycles. The minimum atomic E-state index is 0.416. The SMILES string of the molecule is NC(=NCCC1CCCCO1)N1CCCCCC1. The highest BCUT2D eigenvalue weighted by atomic mass is 16.5. The molecule has 104 valence electrons. The molecular weight excluding hydrogens is 226 g/mol. The van der Waals surface area contributed by atoms with Gasteiger partial charge in [-0.05, 0) is 38.5 Å². The van der Waals surface area contributed by atoms with Crippen molar-refractivity contribution in [2.24, 2.45) is 10.7 Å². The van der Waals surface area contributed by atoms with E-state index in [1.54, 1.807) is 0 Å². The van der Waals surface area contributed by atoms with Crippen molar-refractivity contribution in [2.75, 3.05) is 26.2 Å². The number of nitrogens with two attached hydrogens (primary N) is 1. The Kier molecular flexibility index (Phi) is 5.78. The zero-order valence-electron chi connectivity index (χ0n) is 11.4. The molecule has 0 radical (unpaired) electrons. The summed E-state index contributed by atoms with van der Waals surface area (Å²) < 4.78 is 5.70. The molecule has 0 aromatic carbocycles. The minimum absolute atomic E-state index is 0.416. The van der Waals surface area contributed by atoms with Gasteiger partial charge in [-0.2, -0.15) is 0 Å². The molecule has 2 fully saturated rings. The lowest BCUT2D eigenvalue weighted by molar-refractivity contribution is 0.0129. The highest BCUT2D eigenvalue weighted by Gasteiger charge is 2.14. The van der Waals surface area contributed by atoms with Crippen molar-refractivity contribution in [2.45, 2.75) is 57.5 Å². The van der Waals surface area contributed by atoms with Crippen molar-refractivity contribution >= 4 is 5.96 Å². The molecule has 1 atom stereocenters. The fraction of sp³-hybridized carbons (Fsp3) is 0.929. The molecule has 4 nitrogen and oxygen atoms in total. The number of hydrogen-bond acceptors (Lipinski definition) is 2. The molecule has 0 aromatic heterocycles. The predicted molar refractivity (Wildman–Crippen MR) is 74.7 cm³/mol. The Morgan fingerprint density at radius 2 is 1.89 bits per heavy atom. The Hall–Kier alpha value is -0.770. The van der Waals surface area contributed by atoms with Crippen molar-refractivity contribution < 1.29 is 4.74 Å². The van der Waals surface area contributed by atoms with Gasteiger partial charge < -0.3 is 15.4 Å². The van der Waals surface area contributed by atoms with Crippen LogP contribution in [0.25, 0.3) is 0 Å². The topological polar surface area (TPSA) is 50.9 Å². The molecule has 0 aromatic rings. The molecule has 2 N–H and O–H groups in total. The van der Waals surface area contributed by atoms with Crippen LogP contribution in [0.1, 0.15) is 51.4 Å². The summed E-state index contributed by atoms with van der Waals surface area (Å²) in [5, 5.41) is 0. The predicted octanol–water partition coefficient (Wildman–Crippen LogP) is 2.14. The molecule has 4 heteroatoms. The monoisotopic (exact) mass is 253 g/mol. The van der Waals surface area contributed by atoms with Crippen molar-refractivity contribution in [3.63, 3.8) is 0 Å². The summed E-state index contributed by atoms with van der Waals surface area (Å²) in [5.74, 6) is 0.743. The third-order valence-corrected chi connectivity index (χ3v) is 3.93. The summed E-state index contributed by atoms with van der Waals surface area (Å²) in [6, 6.07) is 0. The summed E-state index contributed by atoms with van der Waals surface area (Å²) in [6.45, 7) is 3.90. The van der Waals surface area contributed by atoms with E-state index >= 15 is 0 Å². The van der Waals surface area contributed by atoms with E-state index in [0.29, 0.717) is 6.10 Å². The summed E-state index contributed by atoms with van der Waals surface area (Å²) in [6.07, 6.45) is 10.3. The quantitative estimate of drug-likeness (QED) is 0.619. The van der Waals surface area contributed by atoms with Crippen LogP contribution in [-0.4, -0.2) is 43.2 Å². The van der Waals surface area contributed by atoms with E-state index in [1.807, 2.05) is 0 Å². The molecule has 2 heterocycles. The molecule has 0 saturated carbocycles. The van der Waals surface area contributed by atoms with Crippen LogP contribution in [0.3, 0.4) is 0 Å². The van der Waals surface area contributed by atoms with Crippen LogP contribution in [-0.2, 0) is 4.74 Å². The molecule has 1 unspecified atom stereocenters. The first kappa shape index (κ1) is 13.7. The lowest BCUT2D eigenvalue weighted by Crippen LogP contribution is -2.38. The number of aliphatic imine (C=N–C) groups is 1. The van der Waals surface area contributed by atoms with Crippen LogP contribution < -0.4 is 5.73 Å². The maximum Gasteiger partial charge on any atom is 0.191 e. The minimum Gasteiger partial charge on any atom is -0.378 e. The van der Waals surface area contributed by atoms with Gasteiger partial charge in [-0.25, -0.2) is 0 Å². The maximum atomic E-state index is 6.07. The second-order valence-electron chi connectivity index (χ2n) is 5.42. The zero-order valence-corrected chi connectivity index (χ0v) is 11.4. The van der Waals surface area contributed by atoms with E-state index in [2.05, 4.69) is 9.89 Å². The Morgan fingerprint density at radius 3 is 2.56 bits per heavy atom. The normalized spacial score (nSPS) is 27.0. The Morgan fingerprint density at radius 1 is 1.11 bits per heavy atom. The Balaban J connectivity index is 1.69. The second kappa shape index (κ2) is 7.62. The van der Waals surface area contributed by atoms with Gasteiger partial charge in [-0.1, -0.05) is 12.8 Å². The molecule has 18 heavy (non-hydrogen) atoms. The molecule has 0 aliphatic carbocycles. The third kappa shape index (κ3) is 4.48. The fourth-order valence-corrected chi connectivity index (χ4v) is 2.76. The lowest BCUT2D eigenvalue weighted by Gasteiger charge is -2.23. The van der Waals surface area contributed by atoms with Gasteiger partial charge in [0.05, 0.1) is 6.10 Å². The Labute approximate surface area is 111 Å². The van der Waals surface area contributed by atoms with Gasteiger partial charge in [0.15, 0.2) is 5.96 Å². The van der Waals surface area contributed by atoms with Crippen LogP contribution in [0.4, 0.5) is 0 Å². The van der Waals surface area contributed by atoms with Crippen molar-refractivity contribution in [3.8, 4) is 0 Å². The molecule has 2 saturated heterocycles. The molecule has 0 bridgehead atoms. The number of likely N-dealkylation sites (tertiary alicyclic amines) is 1. The molecular formula is C14H27N3O. The molecule has 2 aliphatic rings. The van der Waals surface area contributed by atoms with Gasteiger partial charge in [0.25, 0.3) is 0 Å². The first-order valence-corrected chi connectivity index (χ1v) is 7.53. The molecule has 2 rings (SSSR count). The van der Waals surface area contributed by atoms with Crippen LogP contribution in [0, 0.1) is 0 Å². The summed E-state index contributed by atoms with van der Waals surface area (Å²) >= 11 is 0. The van der Waals surface area contributed by atoms with E-state index < -0.39 is 0 Å². The van der Waals surface area contributed by atoms with E-state index in [0.717, 1.165) is 38.6 Å². The van der Waals surface area contributed by atoms with Crippen LogP contribution in [0.15, 0.2) is 4.99 Å². The molecule has 0 amide bonds. The standard InChI is InChI=1S/C14H27N3O/c15-14(17-10-4-1-2-5-11-17)16-9-8-13-7-3-6-12-18-13/h13H,1-12H2,(H2,15,16). The van der Waals surface area contributed by atoms with Gasteiger partial charge in [-0.15, -0.1) is 0 Å². The zero-order chi connectivity index (χ0) is 12.6. The van der Waals surface area contributed by atoms with Gasteiger partial charge in [0.1, 0.15) is 0 Å². The number of nitrogens with zero attached hydrogens (tertiary/aromatic N) is 2. The van der Waals surface area contributed by atoms with E-state index in [9.17, 15) is 0 Å². The number of guanidine groups is 1. The fourth-order valence-electron chi connectivity index (χ4n) is 2.76. The third-order valence-electron chi connectivity index (χ3n) is 3.93. The Bertz CT molecular complexity index is 254. The second-order valence-corrected chi connectivity index (χ2v) is 5.42. The highest BCUT2D eigenvalue weighted by molar-refractivity contribution is 5.78. The van der Waals surface area contributed by atoms with Crippen molar-refractivity contribution in [1.82, 2.24) is 4.90 Å². The van der Waals surface area contributed by atoms with Gasteiger partial charge in [0.2, 0.25) is 0 Å². The number of ether oxygens (including phenoxy) is 1. The number of hydrogen-bond donors (Lipinski definition) is 1. The van der Waals surface area contributed by atoms with Gasteiger partial charge in [-0.3, -0.25) is 4.99 Å². The first-order chi connectivity index (χ1) is 8.86. The van der Waals surface area contributed by atoms with Crippen molar-refractivity contribution in [3.05, 3.63) is 0 Å². The largest absolute Gasteiger partial charge is 0.378 e. The number of rotatable bonds is 3. The van der Waals surface area contributed by atoms with Gasteiger partial charge >= 0.3 is 0 Å². The van der Waals surface area contributed by atoms with Gasteiger partial charge in [0, 0.05) is 26.2 Å². The summed E-state index contributed by atoms with van der Waals surface area (Å²) in [7, 11) is 0. The van der Waals surface area contributed by atoms with Crippen molar-refractivity contribution in [1.29, 1.82) is 0 Å². The maximum absolute atomic E-state index is 6.07. The van der Waals surface area contributed by atoms with E-state index in [4.69, 9.17) is 10.5 Å².